The van der Waals surface area contributed by atoms with Gasteiger partial charge in [0.2, 0.25) is 11.8 Å². The number of hydrogen-bond acceptors (Lipinski definition) is 4. The van der Waals surface area contributed by atoms with Crippen LogP contribution in [0.1, 0.15) is 11.5 Å². The highest BCUT2D eigenvalue weighted by Gasteiger charge is 2.02. The summed E-state index contributed by atoms with van der Waals surface area (Å²) in [5.74, 6) is 0.998. The molecule has 0 aromatic carbocycles. The maximum atomic E-state index is 10.9. The van der Waals surface area contributed by atoms with Crippen LogP contribution in [0.3, 0.4) is 0 Å². The van der Waals surface area contributed by atoms with E-state index in [1.165, 1.54) is 6.08 Å². The van der Waals surface area contributed by atoms with Crippen molar-refractivity contribution in [2.24, 2.45) is 0 Å². The number of carbonyl (C=O) groups is 1. The summed E-state index contributed by atoms with van der Waals surface area (Å²) in [7, 11) is 1.56. The maximum Gasteiger partial charge on any atom is 0.243 e. The van der Waals surface area contributed by atoms with E-state index in [2.05, 4.69) is 21.9 Å². The molecule has 1 aromatic heterocycles. The molecule has 0 aliphatic heterocycles. The summed E-state index contributed by atoms with van der Waals surface area (Å²) in [6.07, 6.45) is 1.80. The molecule has 0 saturated heterocycles. The lowest BCUT2D eigenvalue weighted by Crippen LogP contribution is -2.24. The monoisotopic (exact) mass is 221 g/mol. The minimum absolute atomic E-state index is 0.195. The summed E-state index contributed by atoms with van der Waals surface area (Å²) < 4.78 is 5.03. The fourth-order valence-electron chi connectivity index (χ4n) is 1.19. The first kappa shape index (κ1) is 12.2. The van der Waals surface area contributed by atoms with E-state index in [0.717, 1.165) is 5.69 Å². The van der Waals surface area contributed by atoms with Crippen molar-refractivity contribution in [3.05, 3.63) is 30.2 Å². The van der Waals surface area contributed by atoms with E-state index < -0.39 is 0 Å². The minimum Gasteiger partial charge on any atom is -0.481 e. The van der Waals surface area contributed by atoms with Crippen LogP contribution in [0, 0.1) is 6.92 Å². The van der Waals surface area contributed by atoms with Crippen LogP contribution in [0.4, 0.5) is 0 Å². The molecule has 0 atom stereocenters. The molecule has 1 aromatic rings. The number of amides is 1. The van der Waals surface area contributed by atoms with E-state index in [-0.39, 0.29) is 5.91 Å². The van der Waals surface area contributed by atoms with Crippen LogP contribution in [-0.2, 0) is 11.2 Å². The SMILES string of the molecule is C=CC(=O)NCCc1nc(C)cc(OC)n1. The van der Waals surface area contributed by atoms with E-state index in [1.807, 2.05) is 6.92 Å². The van der Waals surface area contributed by atoms with E-state index in [0.29, 0.717) is 24.7 Å². The lowest BCUT2D eigenvalue weighted by Gasteiger charge is -2.05. The molecule has 0 bridgehead atoms. The van der Waals surface area contributed by atoms with E-state index in [4.69, 9.17) is 4.74 Å². The van der Waals surface area contributed by atoms with Crippen molar-refractivity contribution in [1.82, 2.24) is 15.3 Å². The zero-order valence-electron chi connectivity index (χ0n) is 9.49. The normalized spacial score (nSPS) is 9.62. The molecule has 0 aliphatic rings. The van der Waals surface area contributed by atoms with Crippen LogP contribution in [0.15, 0.2) is 18.7 Å². The van der Waals surface area contributed by atoms with Crippen LogP contribution in [0.2, 0.25) is 0 Å². The Kier molecular flexibility index (Phi) is 4.44. The number of aryl methyl sites for hydroxylation is 1. The highest BCUT2D eigenvalue weighted by molar-refractivity contribution is 5.86. The van der Waals surface area contributed by atoms with Crippen LogP contribution in [0.25, 0.3) is 0 Å². The van der Waals surface area contributed by atoms with Gasteiger partial charge >= 0.3 is 0 Å². The van der Waals surface area contributed by atoms with Crippen molar-refractivity contribution in [2.75, 3.05) is 13.7 Å². The summed E-state index contributed by atoms with van der Waals surface area (Å²) in [5.41, 5.74) is 0.844. The fraction of sp³-hybridized carbons (Fsp3) is 0.364. The van der Waals surface area contributed by atoms with Gasteiger partial charge in [-0.15, -0.1) is 0 Å². The smallest absolute Gasteiger partial charge is 0.243 e. The number of nitrogens with zero attached hydrogens (tertiary/aromatic N) is 2. The Hall–Kier alpha value is -1.91. The van der Waals surface area contributed by atoms with Crippen LogP contribution in [-0.4, -0.2) is 29.5 Å². The Morgan fingerprint density at radius 2 is 2.38 bits per heavy atom. The van der Waals surface area contributed by atoms with Crippen molar-refractivity contribution in [3.8, 4) is 5.88 Å². The zero-order valence-corrected chi connectivity index (χ0v) is 9.49. The predicted octanol–water partition coefficient (Wildman–Crippen LogP) is 0.638. The standard InChI is InChI=1S/C11H15N3O2/c1-4-10(15)12-6-5-9-13-8(2)7-11(14-9)16-3/h4,7H,1,5-6H2,2-3H3,(H,12,15). The molecule has 0 saturated carbocycles. The molecule has 86 valence electrons. The van der Waals surface area contributed by atoms with Gasteiger partial charge in [0.15, 0.2) is 0 Å². The summed E-state index contributed by atoms with van der Waals surface area (Å²) in [6.45, 7) is 5.72. The van der Waals surface area contributed by atoms with Crippen molar-refractivity contribution in [1.29, 1.82) is 0 Å². The first-order valence-corrected chi connectivity index (χ1v) is 4.94. The van der Waals surface area contributed by atoms with Crippen molar-refractivity contribution in [2.45, 2.75) is 13.3 Å². The van der Waals surface area contributed by atoms with Gasteiger partial charge in [0.25, 0.3) is 0 Å². The molecule has 1 N–H and O–H groups in total. The van der Waals surface area contributed by atoms with Gasteiger partial charge in [-0.2, -0.15) is 4.98 Å². The first-order valence-electron chi connectivity index (χ1n) is 4.94. The Morgan fingerprint density at radius 3 is 3.00 bits per heavy atom. The molecule has 5 nitrogen and oxygen atoms in total. The molecular weight excluding hydrogens is 206 g/mol. The lowest BCUT2D eigenvalue weighted by molar-refractivity contribution is -0.116. The second-order valence-corrected chi connectivity index (χ2v) is 3.21. The average molecular weight is 221 g/mol. The molecule has 1 rings (SSSR count). The third kappa shape index (κ3) is 3.68. The second kappa shape index (κ2) is 5.85. The molecule has 5 heteroatoms. The molecule has 0 aliphatic carbocycles. The molecule has 0 radical (unpaired) electrons. The number of rotatable bonds is 5. The van der Waals surface area contributed by atoms with Crippen molar-refractivity contribution in [3.63, 3.8) is 0 Å². The molecule has 0 spiro atoms. The molecule has 0 unspecified atom stereocenters. The molecule has 16 heavy (non-hydrogen) atoms. The highest BCUT2D eigenvalue weighted by atomic mass is 16.5. The van der Waals surface area contributed by atoms with Crippen LogP contribution < -0.4 is 10.1 Å². The van der Waals surface area contributed by atoms with Crippen LogP contribution in [0.5, 0.6) is 5.88 Å². The zero-order chi connectivity index (χ0) is 12.0. The number of methoxy groups -OCH3 is 1. The largest absolute Gasteiger partial charge is 0.481 e. The third-order valence-electron chi connectivity index (χ3n) is 1.92. The fourth-order valence-corrected chi connectivity index (χ4v) is 1.19. The lowest BCUT2D eigenvalue weighted by atomic mass is 10.3. The summed E-state index contributed by atoms with van der Waals surface area (Å²) in [5, 5.41) is 2.66. The summed E-state index contributed by atoms with van der Waals surface area (Å²) in [6, 6.07) is 1.76. The number of aromatic nitrogens is 2. The van der Waals surface area contributed by atoms with Gasteiger partial charge < -0.3 is 10.1 Å². The van der Waals surface area contributed by atoms with Gasteiger partial charge in [-0.3, -0.25) is 4.79 Å². The first-order chi connectivity index (χ1) is 7.65. The topological polar surface area (TPSA) is 64.1 Å². The molecule has 1 heterocycles. The average Bonchev–Trinajstić information content (AvgIpc) is 2.28. The van der Waals surface area contributed by atoms with E-state index in [9.17, 15) is 4.79 Å². The van der Waals surface area contributed by atoms with Crippen molar-refractivity contribution >= 4 is 5.91 Å². The van der Waals surface area contributed by atoms with Gasteiger partial charge in [-0.05, 0) is 13.0 Å². The number of carbonyl (C=O) groups excluding carboxylic acids is 1. The molecule has 1 amide bonds. The number of nitrogens with one attached hydrogen (secondary N) is 1. The number of ether oxygens (including phenoxy) is 1. The molecular formula is C11H15N3O2. The van der Waals surface area contributed by atoms with Gasteiger partial charge in [0.05, 0.1) is 7.11 Å². The predicted molar refractivity (Wildman–Crippen MR) is 60.2 cm³/mol. The Morgan fingerprint density at radius 1 is 1.62 bits per heavy atom. The van der Waals surface area contributed by atoms with Gasteiger partial charge in [0.1, 0.15) is 5.82 Å². The van der Waals surface area contributed by atoms with Crippen molar-refractivity contribution < 1.29 is 9.53 Å². The summed E-state index contributed by atoms with van der Waals surface area (Å²) in [4.78, 5) is 19.3. The molecule has 0 fully saturated rings. The Bertz CT molecular complexity index is 391. The van der Waals surface area contributed by atoms with Crippen LogP contribution >= 0.6 is 0 Å². The van der Waals surface area contributed by atoms with E-state index in [1.54, 1.807) is 13.2 Å². The maximum absolute atomic E-state index is 10.9. The number of hydrogen-bond donors (Lipinski definition) is 1. The Balaban J connectivity index is 2.56. The highest BCUT2D eigenvalue weighted by Crippen LogP contribution is 2.07. The van der Waals surface area contributed by atoms with Gasteiger partial charge in [0, 0.05) is 24.7 Å². The van der Waals surface area contributed by atoms with E-state index >= 15 is 0 Å². The van der Waals surface area contributed by atoms with Gasteiger partial charge in [-0.1, -0.05) is 6.58 Å². The minimum atomic E-state index is -0.195. The Labute approximate surface area is 94.6 Å². The second-order valence-electron chi connectivity index (χ2n) is 3.21. The summed E-state index contributed by atoms with van der Waals surface area (Å²) >= 11 is 0. The third-order valence-corrected chi connectivity index (χ3v) is 1.92. The quantitative estimate of drug-likeness (QED) is 0.741. The van der Waals surface area contributed by atoms with Gasteiger partial charge in [-0.25, -0.2) is 4.98 Å².